The van der Waals surface area contributed by atoms with Crippen LogP contribution in [0.1, 0.15) is 13.8 Å². The second kappa shape index (κ2) is 5.90. The topological polar surface area (TPSA) is 90.8 Å². The monoisotopic (exact) mass is 279 g/mol. The fourth-order valence-corrected chi connectivity index (χ4v) is 2.24. The van der Waals surface area contributed by atoms with Gasteiger partial charge in [-0.15, -0.1) is 0 Å². The van der Waals surface area contributed by atoms with Crippen LogP contribution in [0.3, 0.4) is 0 Å². The van der Waals surface area contributed by atoms with E-state index < -0.39 is 0 Å². The minimum atomic E-state index is -0.389. The zero-order chi connectivity index (χ0) is 14.7. The van der Waals surface area contributed by atoms with Crippen LogP contribution in [0.4, 0.5) is 11.4 Å². The van der Waals surface area contributed by atoms with Gasteiger partial charge in [0.15, 0.2) is 11.5 Å². The van der Waals surface area contributed by atoms with Crippen LogP contribution in [-0.2, 0) is 4.79 Å². The van der Waals surface area contributed by atoms with Crippen LogP contribution in [0.5, 0.6) is 11.5 Å². The van der Waals surface area contributed by atoms with Crippen LogP contribution in [0.15, 0.2) is 12.1 Å². The largest absolute Gasteiger partial charge is 0.486 e. The Labute approximate surface area is 118 Å². The van der Waals surface area contributed by atoms with Gasteiger partial charge in [-0.05, 0) is 5.92 Å². The lowest BCUT2D eigenvalue weighted by molar-refractivity contribution is -0.116. The summed E-state index contributed by atoms with van der Waals surface area (Å²) in [5, 5.41) is 0. The quantitative estimate of drug-likeness (QED) is 0.784. The molecule has 6 heteroatoms. The average Bonchev–Trinajstić information content (AvgIpc) is 2.36. The second-order valence-electron chi connectivity index (χ2n) is 5.30. The van der Waals surface area contributed by atoms with E-state index in [0.717, 1.165) is 5.69 Å². The molecule has 0 spiro atoms. The van der Waals surface area contributed by atoms with E-state index in [-0.39, 0.29) is 12.5 Å². The van der Waals surface area contributed by atoms with Crippen LogP contribution in [-0.4, -0.2) is 32.2 Å². The molecule has 0 bridgehead atoms. The van der Waals surface area contributed by atoms with E-state index in [1.54, 1.807) is 6.07 Å². The first-order valence-corrected chi connectivity index (χ1v) is 6.69. The summed E-state index contributed by atoms with van der Waals surface area (Å²) >= 11 is 0. The fraction of sp³-hybridized carbons (Fsp3) is 0.500. The molecular weight excluding hydrogens is 258 g/mol. The maximum Gasteiger partial charge on any atom is 0.236 e. The van der Waals surface area contributed by atoms with E-state index >= 15 is 0 Å². The number of amides is 1. The molecule has 0 atom stereocenters. The molecular formula is C14H21N3O3. The molecule has 6 nitrogen and oxygen atoms in total. The van der Waals surface area contributed by atoms with Gasteiger partial charge in [-0.2, -0.15) is 0 Å². The molecule has 0 fully saturated rings. The van der Waals surface area contributed by atoms with Crippen molar-refractivity contribution in [2.75, 3.05) is 36.9 Å². The predicted octanol–water partition coefficient (Wildman–Crippen LogP) is 0.988. The Morgan fingerprint density at radius 2 is 1.90 bits per heavy atom. The third kappa shape index (κ3) is 3.26. The number of nitrogens with zero attached hydrogens (tertiary/aromatic N) is 1. The van der Waals surface area contributed by atoms with E-state index in [1.165, 1.54) is 0 Å². The number of carbonyl (C=O) groups is 1. The molecule has 0 aliphatic carbocycles. The van der Waals surface area contributed by atoms with Crippen LogP contribution in [0.2, 0.25) is 0 Å². The number of hydrogen-bond acceptors (Lipinski definition) is 5. The number of rotatable bonds is 5. The van der Waals surface area contributed by atoms with E-state index in [4.69, 9.17) is 20.9 Å². The Morgan fingerprint density at radius 3 is 2.45 bits per heavy atom. The van der Waals surface area contributed by atoms with Crippen molar-refractivity contribution in [3.05, 3.63) is 12.1 Å². The average molecular weight is 279 g/mol. The van der Waals surface area contributed by atoms with Gasteiger partial charge in [-0.3, -0.25) is 4.79 Å². The molecule has 1 amide bonds. The molecule has 2 rings (SSSR count). The van der Waals surface area contributed by atoms with Gasteiger partial charge in [0, 0.05) is 18.7 Å². The highest BCUT2D eigenvalue weighted by Gasteiger charge is 2.19. The normalized spacial score (nSPS) is 13.3. The van der Waals surface area contributed by atoms with Gasteiger partial charge >= 0.3 is 0 Å². The van der Waals surface area contributed by atoms with Crippen molar-refractivity contribution in [2.24, 2.45) is 11.7 Å². The number of carbonyl (C=O) groups excluding carboxylic acids is 1. The van der Waals surface area contributed by atoms with E-state index in [1.807, 2.05) is 11.0 Å². The fourth-order valence-electron chi connectivity index (χ4n) is 2.24. The van der Waals surface area contributed by atoms with Crippen LogP contribution in [0, 0.1) is 5.92 Å². The van der Waals surface area contributed by atoms with Crippen LogP contribution >= 0.6 is 0 Å². The van der Waals surface area contributed by atoms with E-state index in [9.17, 15) is 4.79 Å². The summed E-state index contributed by atoms with van der Waals surface area (Å²) in [7, 11) is 0. The van der Waals surface area contributed by atoms with Crippen molar-refractivity contribution in [1.29, 1.82) is 0 Å². The summed E-state index contributed by atoms with van der Waals surface area (Å²) in [4.78, 5) is 13.1. The molecule has 1 heterocycles. The molecule has 20 heavy (non-hydrogen) atoms. The highest BCUT2D eigenvalue weighted by Crippen LogP contribution is 2.38. The Hall–Kier alpha value is -2.11. The van der Waals surface area contributed by atoms with Crippen LogP contribution < -0.4 is 25.8 Å². The SMILES string of the molecule is CC(C)CN(CC(N)=O)c1cc2c(cc1N)OCCO2. The summed E-state index contributed by atoms with van der Waals surface area (Å²) in [6.45, 7) is 5.98. The third-order valence-electron chi connectivity index (χ3n) is 2.96. The van der Waals surface area contributed by atoms with Gasteiger partial charge in [0.1, 0.15) is 13.2 Å². The van der Waals surface area contributed by atoms with Crippen molar-refractivity contribution in [3.63, 3.8) is 0 Å². The smallest absolute Gasteiger partial charge is 0.236 e. The van der Waals surface area contributed by atoms with Gasteiger partial charge in [-0.25, -0.2) is 0 Å². The summed E-state index contributed by atoms with van der Waals surface area (Å²) < 4.78 is 11.0. The number of nitrogen functional groups attached to an aromatic ring is 1. The summed E-state index contributed by atoms with van der Waals surface area (Å²) in [6.07, 6.45) is 0. The Bertz CT molecular complexity index is 503. The molecule has 0 aromatic heterocycles. The minimum absolute atomic E-state index is 0.127. The second-order valence-corrected chi connectivity index (χ2v) is 5.30. The minimum Gasteiger partial charge on any atom is -0.486 e. The number of benzene rings is 1. The molecule has 0 radical (unpaired) electrons. The number of anilines is 2. The Morgan fingerprint density at radius 1 is 1.30 bits per heavy atom. The molecule has 1 aromatic carbocycles. The first-order chi connectivity index (χ1) is 9.47. The van der Waals surface area contributed by atoms with Crippen molar-refractivity contribution >= 4 is 17.3 Å². The molecule has 0 saturated heterocycles. The molecule has 1 aliphatic rings. The number of hydrogen-bond donors (Lipinski definition) is 2. The molecule has 1 aliphatic heterocycles. The lowest BCUT2D eigenvalue weighted by Crippen LogP contribution is -2.36. The maximum absolute atomic E-state index is 11.2. The van der Waals surface area contributed by atoms with Crippen molar-refractivity contribution < 1.29 is 14.3 Å². The van der Waals surface area contributed by atoms with E-state index in [2.05, 4.69) is 13.8 Å². The Balaban J connectivity index is 2.33. The summed E-state index contributed by atoms with van der Waals surface area (Å²) in [6, 6.07) is 3.55. The van der Waals surface area contributed by atoms with Crippen molar-refractivity contribution in [2.45, 2.75) is 13.8 Å². The lowest BCUT2D eigenvalue weighted by Gasteiger charge is -2.28. The third-order valence-corrected chi connectivity index (χ3v) is 2.96. The Kier molecular flexibility index (Phi) is 4.22. The molecule has 4 N–H and O–H groups in total. The number of ether oxygens (including phenoxy) is 2. The highest BCUT2D eigenvalue weighted by molar-refractivity contribution is 5.82. The zero-order valence-corrected chi connectivity index (χ0v) is 11.9. The van der Waals surface area contributed by atoms with Gasteiger partial charge in [0.2, 0.25) is 5.91 Å². The molecule has 0 unspecified atom stereocenters. The van der Waals surface area contributed by atoms with Gasteiger partial charge in [0.25, 0.3) is 0 Å². The summed E-state index contributed by atoms with van der Waals surface area (Å²) in [5.41, 5.74) is 12.7. The standard InChI is InChI=1S/C14H21N3O3/c1-9(2)7-17(8-14(16)18)11-6-13-12(5-10(11)15)19-3-4-20-13/h5-6,9H,3-4,7-8,15H2,1-2H3,(H2,16,18). The predicted molar refractivity (Wildman–Crippen MR) is 78.1 cm³/mol. The van der Waals surface area contributed by atoms with Crippen LogP contribution in [0.25, 0.3) is 0 Å². The first kappa shape index (κ1) is 14.3. The van der Waals surface area contributed by atoms with Crippen molar-refractivity contribution in [3.8, 4) is 11.5 Å². The summed E-state index contributed by atoms with van der Waals surface area (Å²) in [5.74, 6) is 1.28. The first-order valence-electron chi connectivity index (χ1n) is 6.69. The van der Waals surface area contributed by atoms with Gasteiger partial charge < -0.3 is 25.8 Å². The highest BCUT2D eigenvalue weighted by atomic mass is 16.6. The van der Waals surface area contributed by atoms with Crippen molar-refractivity contribution in [1.82, 2.24) is 0 Å². The number of fused-ring (bicyclic) bond motifs is 1. The molecule has 1 aromatic rings. The number of primary amides is 1. The molecule has 0 saturated carbocycles. The zero-order valence-electron chi connectivity index (χ0n) is 11.9. The lowest BCUT2D eigenvalue weighted by atomic mass is 10.1. The molecule has 110 valence electrons. The number of nitrogens with two attached hydrogens (primary N) is 2. The van der Waals surface area contributed by atoms with Gasteiger partial charge in [-0.1, -0.05) is 13.8 Å². The maximum atomic E-state index is 11.2. The van der Waals surface area contributed by atoms with E-state index in [0.29, 0.717) is 42.9 Å². The van der Waals surface area contributed by atoms with Gasteiger partial charge in [0.05, 0.1) is 17.9 Å².